The number of benzene rings is 1. The van der Waals surface area contributed by atoms with Crippen LogP contribution >= 0.6 is 34.0 Å². The minimum atomic E-state index is -0.0662. The van der Waals surface area contributed by atoms with Gasteiger partial charge in [-0.1, -0.05) is 129 Å². The number of aryl methyl sites for hydroxylation is 2. The summed E-state index contributed by atoms with van der Waals surface area (Å²) in [7, 11) is 0. The molecule has 0 saturated heterocycles. The summed E-state index contributed by atoms with van der Waals surface area (Å²) in [5.74, 6) is 0. The molecule has 8 aromatic rings. The van der Waals surface area contributed by atoms with Crippen molar-refractivity contribution in [2.75, 3.05) is 0 Å². The number of fused-ring (bicyclic) bond motifs is 8. The van der Waals surface area contributed by atoms with Crippen LogP contribution in [0.1, 0.15) is 152 Å². The molecule has 0 saturated carbocycles. The number of hydrogen-bond donors (Lipinski definition) is 0. The molecule has 0 aliphatic rings. The van der Waals surface area contributed by atoms with Crippen molar-refractivity contribution < 1.29 is 0 Å². The molecule has 0 bridgehead atoms. The Morgan fingerprint density at radius 3 is 1.23 bits per heavy atom. The summed E-state index contributed by atoms with van der Waals surface area (Å²) >= 11 is 4.80. The maximum atomic E-state index is 14.3. The molecule has 0 fully saturated rings. The average Bonchev–Trinajstić information content (AvgIpc) is 3.97. The molecule has 6 nitrogen and oxygen atoms in total. The molecule has 0 aliphatic carbocycles. The van der Waals surface area contributed by atoms with E-state index < -0.39 is 0 Å². The molecule has 0 amide bonds. The van der Waals surface area contributed by atoms with Crippen LogP contribution in [0.4, 0.5) is 0 Å². The van der Waals surface area contributed by atoms with Crippen molar-refractivity contribution in [1.82, 2.24) is 18.8 Å². The Hall–Kier alpha value is -3.14. The predicted octanol–water partition coefficient (Wildman–Crippen LogP) is 13.5. The lowest BCUT2D eigenvalue weighted by atomic mass is 10.0. The first-order valence-electron chi connectivity index (χ1n) is 20.8. The summed E-state index contributed by atoms with van der Waals surface area (Å²) in [4.78, 5) is 43.1. The molecule has 280 valence electrons. The standard InChI is InChI=1S/C44H54N4O2S3/c1-3-5-7-9-11-13-15-17-19-21-23-29-27-33-41(51-29)45-39-31-25-26-32-36-35(31)37(43(49)47(33)39)53-38(36)44(50)48-34-28-30(52-42(34)46-40(32)48)24-22-20-18-16-14-12-10-8-6-4-2/h25-28H,3-24H2,1-2H3. The van der Waals surface area contributed by atoms with Gasteiger partial charge in [-0.3, -0.25) is 18.4 Å². The zero-order chi connectivity index (χ0) is 36.3. The van der Waals surface area contributed by atoms with E-state index in [0.29, 0.717) is 20.7 Å². The maximum Gasteiger partial charge on any atom is 0.274 e. The van der Waals surface area contributed by atoms with Gasteiger partial charge in [-0.15, -0.1) is 34.0 Å². The summed E-state index contributed by atoms with van der Waals surface area (Å²) in [6.07, 6.45) is 28.6. The van der Waals surface area contributed by atoms with Crippen molar-refractivity contribution in [2.45, 2.75) is 155 Å². The van der Waals surface area contributed by atoms with E-state index in [-0.39, 0.29) is 11.1 Å². The maximum absolute atomic E-state index is 14.3. The van der Waals surface area contributed by atoms with E-state index in [9.17, 15) is 9.59 Å². The highest BCUT2D eigenvalue weighted by molar-refractivity contribution is 7.26. The molecular formula is C44H54N4O2S3. The molecule has 53 heavy (non-hydrogen) atoms. The lowest BCUT2D eigenvalue weighted by Crippen LogP contribution is -2.12. The summed E-state index contributed by atoms with van der Waals surface area (Å²) in [6, 6.07) is 8.56. The Bertz CT molecular complexity index is 2390. The van der Waals surface area contributed by atoms with Crippen LogP contribution in [0.3, 0.4) is 0 Å². The summed E-state index contributed by atoms with van der Waals surface area (Å²) in [6.45, 7) is 4.55. The van der Waals surface area contributed by atoms with E-state index in [1.165, 1.54) is 150 Å². The van der Waals surface area contributed by atoms with Crippen molar-refractivity contribution in [1.29, 1.82) is 0 Å². The average molecular weight is 767 g/mol. The van der Waals surface area contributed by atoms with Gasteiger partial charge in [-0.2, -0.15) is 0 Å². The van der Waals surface area contributed by atoms with Crippen molar-refractivity contribution >= 4 is 96.9 Å². The number of thiophene rings is 3. The van der Waals surface area contributed by atoms with Crippen LogP contribution in [0, 0.1) is 0 Å². The molecule has 7 aromatic heterocycles. The molecule has 0 aliphatic heterocycles. The lowest BCUT2D eigenvalue weighted by molar-refractivity contribution is 0.557. The summed E-state index contributed by atoms with van der Waals surface area (Å²) in [5.41, 5.74) is 3.07. The van der Waals surface area contributed by atoms with Gasteiger partial charge in [0.2, 0.25) is 0 Å². The van der Waals surface area contributed by atoms with E-state index in [0.717, 1.165) is 55.1 Å². The van der Waals surface area contributed by atoms with Crippen LogP contribution in [0.25, 0.3) is 62.9 Å². The van der Waals surface area contributed by atoms with Crippen LogP contribution in [0.5, 0.6) is 0 Å². The fourth-order valence-corrected chi connectivity index (χ4v) is 11.9. The van der Waals surface area contributed by atoms with Gasteiger partial charge in [0.25, 0.3) is 11.1 Å². The predicted molar refractivity (Wildman–Crippen MR) is 231 cm³/mol. The third-order valence-corrected chi connectivity index (χ3v) is 14.8. The van der Waals surface area contributed by atoms with E-state index in [4.69, 9.17) is 9.97 Å². The zero-order valence-corrected chi connectivity index (χ0v) is 34.1. The number of rotatable bonds is 22. The Kier molecular flexibility index (Phi) is 11.6. The van der Waals surface area contributed by atoms with Gasteiger partial charge in [-0.25, -0.2) is 9.97 Å². The third kappa shape index (κ3) is 7.22. The van der Waals surface area contributed by atoms with Gasteiger partial charge in [-0.05, 0) is 49.9 Å². The van der Waals surface area contributed by atoms with Crippen LogP contribution in [0.2, 0.25) is 0 Å². The first-order valence-corrected chi connectivity index (χ1v) is 23.3. The van der Waals surface area contributed by atoms with Crippen molar-refractivity contribution in [3.63, 3.8) is 0 Å². The topological polar surface area (TPSA) is 68.7 Å². The van der Waals surface area contributed by atoms with Gasteiger partial charge < -0.3 is 0 Å². The largest absolute Gasteiger partial charge is 0.274 e. The van der Waals surface area contributed by atoms with E-state index >= 15 is 0 Å². The quantitative estimate of drug-likeness (QED) is 0.0509. The van der Waals surface area contributed by atoms with Crippen molar-refractivity contribution in [3.8, 4) is 0 Å². The number of pyridine rings is 2. The smallest absolute Gasteiger partial charge is 0.267 e. The normalized spacial score (nSPS) is 12.6. The second-order valence-electron chi connectivity index (χ2n) is 15.5. The van der Waals surface area contributed by atoms with Gasteiger partial charge in [0, 0.05) is 31.3 Å². The van der Waals surface area contributed by atoms with E-state index in [1.807, 2.05) is 8.80 Å². The molecule has 9 heteroatoms. The van der Waals surface area contributed by atoms with Gasteiger partial charge in [0.15, 0.2) is 0 Å². The first-order chi connectivity index (χ1) is 26.1. The molecule has 0 unspecified atom stereocenters. The Morgan fingerprint density at radius 1 is 0.491 bits per heavy atom. The second kappa shape index (κ2) is 16.7. The van der Waals surface area contributed by atoms with Gasteiger partial charge in [0.1, 0.15) is 30.4 Å². The number of hydrogen-bond acceptors (Lipinski definition) is 7. The van der Waals surface area contributed by atoms with Gasteiger partial charge in [0.05, 0.1) is 11.0 Å². The summed E-state index contributed by atoms with van der Waals surface area (Å²) in [5, 5.41) is 3.62. The highest BCUT2D eigenvalue weighted by Crippen LogP contribution is 2.42. The fourth-order valence-electron chi connectivity index (χ4n) is 8.59. The molecule has 0 radical (unpaired) electrons. The van der Waals surface area contributed by atoms with E-state index in [2.05, 4.69) is 38.1 Å². The lowest BCUT2D eigenvalue weighted by Gasteiger charge is -2.05. The number of nitrogens with zero attached hydrogens (tertiary/aromatic N) is 4. The van der Waals surface area contributed by atoms with Crippen molar-refractivity contribution in [2.24, 2.45) is 0 Å². The molecule has 0 spiro atoms. The second-order valence-corrected chi connectivity index (χ2v) is 18.7. The monoisotopic (exact) mass is 766 g/mol. The molecule has 0 atom stereocenters. The number of unbranched alkanes of at least 4 members (excludes halogenated alkanes) is 18. The summed E-state index contributed by atoms with van der Waals surface area (Å²) < 4.78 is 4.90. The Labute approximate surface area is 323 Å². The first kappa shape index (κ1) is 36.8. The van der Waals surface area contributed by atoms with Crippen LogP contribution in [-0.2, 0) is 12.8 Å². The SMILES string of the molecule is CCCCCCCCCCCCc1cc2c(nc3c4ccc5c6c(sc(c(=O)n23)c46)c(=O)n2c3cc(CCCCCCCCCCCC)sc3nc52)s1. The molecule has 8 rings (SSSR count). The number of aromatic nitrogens is 4. The Morgan fingerprint density at radius 2 is 0.849 bits per heavy atom. The van der Waals surface area contributed by atoms with E-state index in [1.54, 1.807) is 22.7 Å². The van der Waals surface area contributed by atoms with Crippen molar-refractivity contribution in [3.05, 3.63) is 54.7 Å². The molecule has 7 heterocycles. The van der Waals surface area contributed by atoms with Gasteiger partial charge >= 0.3 is 0 Å². The molecule has 0 N–H and O–H groups in total. The van der Waals surface area contributed by atoms with Crippen LogP contribution in [-0.4, -0.2) is 18.8 Å². The zero-order valence-electron chi connectivity index (χ0n) is 31.7. The number of imidazole rings is 2. The minimum Gasteiger partial charge on any atom is -0.267 e. The fraction of sp³-hybridized carbons (Fsp3) is 0.545. The van der Waals surface area contributed by atoms with Crippen LogP contribution in [0.15, 0.2) is 33.9 Å². The molecular weight excluding hydrogens is 713 g/mol. The Balaban J connectivity index is 0.994. The highest BCUT2D eigenvalue weighted by Gasteiger charge is 2.26. The van der Waals surface area contributed by atoms with Crippen LogP contribution < -0.4 is 11.1 Å². The highest BCUT2D eigenvalue weighted by atomic mass is 32.1. The minimum absolute atomic E-state index is 0.0662. The molecule has 1 aromatic carbocycles. The third-order valence-electron chi connectivity index (χ3n) is 11.5.